The molecule has 1 aliphatic rings. The number of likely N-dealkylation sites (tertiary alicyclic amines) is 1. The molecule has 0 radical (unpaired) electrons. The highest BCUT2D eigenvalue weighted by Crippen LogP contribution is 2.28. The van der Waals surface area contributed by atoms with Crippen LogP contribution in [0.25, 0.3) is 0 Å². The van der Waals surface area contributed by atoms with Crippen LogP contribution < -0.4 is 4.74 Å². The highest BCUT2D eigenvalue weighted by atomic mass is 35.5. The topological polar surface area (TPSA) is 55.6 Å². The summed E-state index contributed by atoms with van der Waals surface area (Å²) in [5.41, 5.74) is 1.01. The molecule has 1 amide bonds. The molecule has 5 nitrogen and oxygen atoms in total. The van der Waals surface area contributed by atoms with Gasteiger partial charge in [0.1, 0.15) is 11.5 Å². The second-order valence-electron chi connectivity index (χ2n) is 7.21. The molecule has 6 heteroatoms. The predicted molar refractivity (Wildman–Crippen MR) is 111 cm³/mol. The van der Waals surface area contributed by atoms with E-state index in [-0.39, 0.29) is 18.4 Å². The lowest BCUT2D eigenvalue weighted by atomic mass is 9.98. The van der Waals surface area contributed by atoms with Gasteiger partial charge in [-0.2, -0.15) is 0 Å². The van der Waals surface area contributed by atoms with E-state index in [9.17, 15) is 4.79 Å². The molecular weight excluding hydrogens is 388 g/mol. The highest BCUT2D eigenvalue weighted by molar-refractivity contribution is 6.31. The molecule has 4 rings (SSSR count). The van der Waals surface area contributed by atoms with Gasteiger partial charge in [0.25, 0.3) is 5.91 Å². The Morgan fingerprint density at radius 3 is 2.79 bits per heavy atom. The van der Waals surface area contributed by atoms with Gasteiger partial charge < -0.3 is 14.1 Å². The van der Waals surface area contributed by atoms with Gasteiger partial charge in [-0.1, -0.05) is 48.0 Å². The number of oxazole rings is 1. The van der Waals surface area contributed by atoms with Crippen molar-refractivity contribution in [1.29, 1.82) is 0 Å². The van der Waals surface area contributed by atoms with E-state index >= 15 is 0 Å². The summed E-state index contributed by atoms with van der Waals surface area (Å²) in [6, 6.07) is 17.1. The predicted octanol–water partition coefficient (Wildman–Crippen LogP) is 4.70. The van der Waals surface area contributed by atoms with Gasteiger partial charge in [-0.25, -0.2) is 4.98 Å². The van der Waals surface area contributed by atoms with Crippen molar-refractivity contribution in [2.24, 2.45) is 0 Å². The molecule has 0 bridgehead atoms. The first-order valence-electron chi connectivity index (χ1n) is 9.82. The van der Waals surface area contributed by atoms with Crippen LogP contribution in [-0.2, 0) is 11.2 Å². The lowest BCUT2D eigenvalue weighted by molar-refractivity contribution is -0.134. The zero-order valence-corrected chi connectivity index (χ0v) is 16.8. The molecule has 1 fully saturated rings. The standard InChI is InChI=1S/C23H23ClN2O3/c24-21-11-5-4-7-17(21)13-20-14-25-23(29-20)18-8-6-12-26(15-18)22(27)16-28-19-9-2-1-3-10-19/h1-5,7,9-11,14,18H,6,8,12-13,15-16H2/t18-/m0/s1. The quantitative estimate of drug-likeness (QED) is 0.590. The van der Waals surface area contributed by atoms with Crippen LogP contribution in [0.4, 0.5) is 0 Å². The molecule has 1 saturated heterocycles. The summed E-state index contributed by atoms with van der Waals surface area (Å²) >= 11 is 6.24. The number of hydrogen-bond acceptors (Lipinski definition) is 4. The van der Waals surface area contributed by atoms with E-state index < -0.39 is 0 Å². The maximum Gasteiger partial charge on any atom is 0.260 e. The second kappa shape index (κ2) is 9.14. The van der Waals surface area contributed by atoms with Crippen molar-refractivity contribution in [2.45, 2.75) is 25.2 Å². The summed E-state index contributed by atoms with van der Waals surface area (Å²) in [4.78, 5) is 18.9. The monoisotopic (exact) mass is 410 g/mol. The number of piperidine rings is 1. The highest BCUT2D eigenvalue weighted by Gasteiger charge is 2.28. The first kappa shape index (κ1) is 19.5. The largest absolute Gasteiger partial charge is 0.484 e. The van der Waals surface area contributed by atoms with E-state index in [1.165, 1.54) is 0 Å². The molecule has 3 aromatic rings. The number of hydrogen-bond donors (Lipinski definition) is 0. The summed E-state index contributed by atoms with van der Waals surface area (Å²) in [6.07, 6.45) is 4.24. The van der Waals surface area contributed by atoms with Crippen molar-refractivity contribution in [2.75, 3.05) is 19.7 Å². The van der Waals surface area contributed by atoms with Crippen molar-refractivity contribution < 1.29 is 13.9 Å². The van der Waals surface area contributed by atoms with Gasteiger partial charge in [-0.05, 0) is 36.6 Å². The maximum atomic E-state index is 12.6. The Kier molecular flexibility index (Phi) is 6.15. The van der Waals surface area contributed by atoms with Gasteiger partial charge in [0.2, 0.25) is 0 Å². The Morgan fingerprint density at radius 2 is 1.97 bits per heavy atom. The van der Waals surface area contributed by atoms with E-state index in [2.05, 4.69) is 4.98 Å². The fourth-order valence-electron chi connectivity index (χ4n) is 3.58. The number of benzene rings is 2. The summed E-state index contributed by atoms with van der Waals surface area (Å²) in [7, 11) is 0. The average Bonchev–Trinajstić information content (AvgIpc) is 3.23. The smallest absolute Gasteiger partial charge is 0.260 e. The summed E-state index contributed by atoms with van der Waals surface area (Å²) in [5.74, 6) is 2.26. The molecule has 0 aliphatic carbocycles. The van der Waals surface area contributed by atoms with E-state index in [1.54, 1.807) is 6.20 Å². The molecule has 2 heterocycles. The van der Waals surface area contributed by atoms with Crippen molar-refractivity contribution in [3.8, 4) is 5.75 Å². The number of carbonyl (C=O) groups excluding carboxylic acids is 1. The molecule has 150 valence electrons. The molecule has 0 spiro atoms. The van der Waals surface area contributed by atoms with E-state index in [0.29, 0.717) is 24.6 Å². The first-order valence-corrected chi connectivity index (χ1v) is 10.2. The van der Waals surface area contributed by atoms with Gasteiger partial charge in [0.15, 0.2) is 12.5 Å². The van der Waals surface area contributed by atoms with Crippen molar-refractivity contribution in [3.05, 3.63) is 83.0 Å². The lowest BCUT2D eigenvalue weighted by Crippen LogP contribution is -2.41. The zero-order chi connectivity index (χ0) is 20.1. The Hall–Kier alpha value is -2.79. The van der Waals surface area contributed by atoms with Gasteiger partial charge >= 0.3 is 0 Å². The van der Waals surface area contributed by atoms with Crippen molar-refractivity contribution in [3.63, 3.8) is 0 Å². The van der Waals surface area contributed by atoms with E-state index in [0.717, 1.165) is 35.7 Å². The zero-order valence-electron chi connectivity index (χ0n) is 16.1. The minimum atomic E-state index is -0.0126. The lowest BCUT2D eigenvalue weighted by Gasteiger charge is -2.31. The van der Waals surface area contributed by atoms with Crippen LogP contribution in [0.3, 0.4) is 0 Å². The van der Waals surface area contributed by atoms with Crippen LogP contribution in [0.2, 0.25) is 5.02 Å². The van der Waals surface area contributed by atoms with Gasteiger partial charge in [0.05, 0.1) is 12.1 Å². The summed E-state index contributed by atoms with van der Waals surface area (Å²) < 4.78 is 11.6. The molecular formula is C23H23ClN2O3. The Labute approximate surface area is 175 Å². The fourth-order valence-corrected chi connectivity index (χ4v) is 3.78. The van der Waals surface area contributed by atoms with Crippen LogP contribution in [0.5, 0.6) is 5.75 Å². The van der Waals surface area contributed by atoms with E-state index in [4.69, 9.17) is 20.8 Å². The minimum Gasteiger partial charge on any atom is -0.484 e. The van der Waals surface area contributed by atoms with Crippen molar-refractivity contribution in [1.82, 2.24) is 9.88 Å². The molecule has 0 saturated carbocycles. The minimum absolute atomic E-state index is 0.0126. The van der Waals surface area contributed by atoms with Crippen LogP contribution in [0.1, 0.15) is 36.0 Å². The first-order chi connectivity index (χ1) is 14.2. The van der Waals surface area contributed by atoms with Crippen molar-refractivity contribution >= 4 is 17.5 Å². The number of aromatic nitrogens is 1. The summed E-state index contributed by atoms with van der Waals surface area (Å²) in [5, 5.41) is 0.721. The fraction of sp³-hybridized carbons (Fsp3) is 0.304. The number of para-hydroxylation sites is 1. The number of halogens is 1. The van der Waals surface area contributed by atoms with Crippen LogP contribution in [-0.4, -0.2) is 35.5 Å². The Balaban J connectivity index is 1.35. The Bertz CT molecular complexity index is 958. The summed E-state index contributed by atoms with van der Waals surface area (Å²) in [6.45, 7) is 1.38. The van der Waals surface area contributed by atoms with Gasteiger partial charge in [-0.15, -0.1) is 0 Å². The normalized spacial score (nSPS) is 16.6. The molecule has 1 aliphatic heterocycles. The average molecular weight is 411 g/mol. The Morgan fingerprint density at radius 1 is 1.17 bits per heavy atom. The molecule has 1 aromatic heterocycles. The molecule has 1 atom stereocenters. The van der Waals surface area contributed by atoms with Crippen LogP contribution >= 0.6 is 11.6 Å². The third-order valence-electron chi connectivity index (χ3n) is 5.12. The van der Waals surface area contributed by atoms with Gasteiger partial charge in [0, 0.05) is 24.5 Å². The van der Waals surface area contributed by atoms with Gasteiger partial charge in [-0.3, -0.25) is 4.79 Å². The molecule has 0 unspecified atom stereocenters. The number of amides is 1. The molecule has 2 aromatic carbocycles. The number of ether oxygens (including phenoxy) is 1. The van der Waals surface area contributed by atoms with Crippen LogP contribution in [0, 0.1) is 0 Å². The van der Waals surface area contributed by atoms with Crippen LogP contribution in [0.15, 0.2) is 65.2 Å². The number of rotatable bonds is 6. The number of nitrogens with zero attached hydrogens (tertiary/aromatic N) is 2. The number of carbonyl (C=O) groups is 1. The van der Waals surface area contributed by atoms with E-state index in [1.807, 2.05) is 59.5 Å². The SMILES string of the molecule is O=C(COc1ccccc1)N1CCC[C@H](c2ncc(Cc3ccccc3Cl)o2)C1. The third-order valence-corrected chi connectivity index (χ3v) is 5.49. The second-order valence-corrected chi connectivity index (χ2v) is 7.62. The molecule has 29 heavy (non-hydrogen) atoms. The maximum absolute atomic E-state index is 12.6. The third kappa shape index (κ3) is 4.98. The molecule has 0 N–H and O–H groups in total.